The van der Waals surface area contributed by atoms with Crippen molar-refractivity contribution in [3.05, 3.63) is 66.1 Å². The van der Waals surface area contributed by atoms with Gasteiger partial charge in [0, 0.05) is 43.8 Å². The Hall–Kier alpha value is -4.34. The van der Waals surface area contributed by atoms with Gasteiger partial charge in [0.05, 0.1) is 35.2 Å². The number of amides is 1. The number of aromatic nitrogens is 4. The zero-order chi connectivity index (χ0) is 29.4. The summed E-state index contributed by atoms with van der Waals surface area (Å²) >= 11 is 0. The number of piperidine rings is 1. The molecule has 42 heavy (non-hydrogen) atoms. The molecular formula is C30H31N7O4S. The van der Waals surface area contributed by atoms with E-state index >= 15 is 0 Å². The first-order valence-electron chi connectivity index (χ1n) is 13.9. The van der Waals surface area contributed by atoms with E-state index in [4.69, 9.17) is 14.8 Å². The van der Waals surface area contributed by atoms with Gasteiger partial charge in [0.25, 0.3) is 5.91 Å². The van der Waals surface area contributed by atoms with Crippen molar-refractivity contribution >= 4 is 32.8 Å². The number of pyridine rings is 2. The smallest absolute Gasteiger partial charge is 0.283 e. The predicted molar refractivity (Wildman–Crippen MR) is 158 cm³/mol. The third-order valence-electron chi connectivity index (χ3n) is 8.05. The van der Waals surface area contributed by atoms with Gasteiger partial charge >= 0.3 is 0 Å². The van der Waals surface area contributed by atoms with Crippen LogP contribution in [-0.4, -0.2) is 66.6 Å². The van der Waals surface area contributed by atoms with Crippen molar-refractivity contribution in [2.75, 3.05) is 31.4 Å². The SMILES string of the molecule is CO[C@H]1C[C@@H](c2nn(-c3ccccc3)c3nc(C(=O)NS(C)(=O)=O)cc(-c4ccc(N5CCC(C#N)CC5)nc4)c32)C1. The standard InChI is InChI=1S/C30H31N7O4S/c1-41-23-14-21(15-23)28-27-24(20-8-9-26(32-18-20)36-12-10-19(17-31)11-13-36)16-25(30(38)35-42(2,39)40)33-29(27)37(34-28)22-6-4-3-5-7-22/h3-9,16,18-19,21,23H,10-15H2,1-2H3,(H,35,38)/t21-,23+. The lowest BCUT2D eigenvalue weighted by Gasteiger charge is -2.33. The number of sulfonamides is 1. The Morgan fingerprint density at radius 2 is 1.86 bits per heavy atom. The highest BCUT2D eigenvalue weighted by Crippen LogP contribution is 2.44. The second kappa shape index (κ2) is 11.2. The van der Waals surface area contributed by atoms with Gasteiger partial charge in [-0.25, -0.2) is 27.8 Å². The van der Waals surface area contributed by atoms with Gasteiger partial charge in [-0.2, -0.15) is 10.4 Å². The number of nitrogens with one attached hydrogen (secondary N) is 1. The third-order valence-corrected chi connectivity index (χ3v) is 8.61. The highest BCUT2D eigenvalue weighted by molar-refractivity contribution is 7.89. The molecular weight excluding hydrogens is 554 g/mol. The number of para-hydroxylation sites is 1. The minimum absolute atomic E-state index is 0.0439. The van der Waals surface area contributed by atoms with Crippen molar-refractivity contribution in [3.8, 4) is 22.9 Å². The van der Waals surface area contributed by atoms with Gasteiger partial charge in [0.15, 0.2) is 5.65 Å². The molecule has 4 aromatic rings. The average molecular weight is 586 g/mol. The number of nitriles is 1. The fraction of sp³-hybridized carbons (Fsp3) is 0.367. The molecule has 2 aliphatic rings. The molecule has 1 aromatic carbocycles. The summed E-state index contributed by atoms with van der Waals surface area (Å²) in [5.41, 5.74) is 3.47. The molecule has 1 saturated carbocycles. The van der Waals surface area contributed by atoms with E-state index in [-0.39, 0.29) is 23.6 Å². The van der Waals surface area contributed by atoms with E-state index in [9.17, 15) is 18.5 Å². The molecule has 1 amide bonds. The van der Waals surface area contributed by atoms with Crippen LogP contribution >= 0.6 is 0 Å². The van der Waals surface area contributed by atoms with Crippen molar-refractivity contribution in [3.63, 3.8) is 0 Å². The normalized spacial score (nSPS) is 19.3. The fourth-order valence-corrected chi connectivity index (χ4v) is 6.13. The summed E-state index contributed by atoms with van der Waals surface area (Å²) in [4.78, 5) is 24.7. The largest absolute Gasteiger partial charge is 0.381 e. The second-order valence-electron chi connectivity index (χ2n) is 10.9. The van der Waals surface area contributed by atoms with Crippen LogP contribution in [-0.2, 0) is 14.8 Å². The molecule has 1 aliphatic heterocycles. The molecule has 6 rings (SSSR count). The number of anilines is 1. The molecule has 0 atom stereocenters. The lowest BCUT2D eigenvalue weighted by molar-refractivity contribution is 0.0250. The van der Waals surface area contributed by atoms with E-state index in [1.165, 1.54) is 0 Å². The van der Waals surface area contributed by atoms with Crippen LogP contribution in [0.1, 0.15) is 47.8 Å². The maximum Gasteiger partial charge on any atom is 0.283 e. The number of hydrogen-bond donors (Lipinski definition) is 1. The number of carbonyl (C=O) groups excluding carboxylic acids is 1. The van der Waals surface area contributed by atoms with Crippen molar-refractivity contribution in [1.29, 1.82) is 5.26 Å². The summed E-state index contributed by atoms with van der Waals surface area (Å²) in [6.45, 7) is 1.52. The lowest BCUT2D eigenvalue weighted by Crippen LogP contribution is -2.33. The van der Waals surface area contributed by atoms with Crippen molar-refractivity contribution in [1.82, 2.24) is 24.5 Å². The molecule has 11 nitrogen and oxygen atoms in total. The van der Waals surface area contributed by atoms with E-state index in [1.54, 1.807) is 24.1 Å². The predicted octanol–water partition coefficient (Wildman–Crippen LogP) is 3.80. The molecule has 1 aliphatic carbocycles. The fourth-order valence-electron chi connectivity index (χ4n) is 5.69. The quantitative estimate of drug-likeness (QED) is 0.342. The molecule has 1 saturated heterocycles. The maximum absolute atomic E-state index is 13.1. The van der Waals surface area contributed by atoms with Gasteiger partial charge < -0.3 is 9.64 Å². The number of nitrogens with zero attached hydrogens (tertiary/aromatic N) is 6. The number of benzene rings is 1. The van der Waals surface area contributed by atoms with Crippen LogP contribution in [0.3, 0.4) is 0 Å². The molecule has 216 valence electrons. The van der Waals surface area contributed by atoms with Gasteiger partial charge in [-0.15, -0.1) is 0 Å². The number of ether oxygens (including phenoxy) is 1. The van der Waals surface area contributed by atoms with Crippen LogP contribution in [0.15, 0.2) is 54.7 Å². The van der Waals surface area contributed by atoms with E-state index in [2.05, 4.69) is 16.0 Å². The average Bonchev–Trinajstić information content (AvgIpc) is 3.35. The Kier molecular flexibility index (Phi) is 7.38. The minimum atomic E-state index is -3.81. The van der Waals surface area contributed by atoms with Gasteiger partial charge in [-0.3, -0.25) is 4.79 Å². The second-order valence-corrected chi connectivity index (χ2v) is 12.7. The summed E-state index contributed by atoms with van der Waals surface area (Å²) in [5.74, 6) is 0.201. The zero-order valence-electron chi connectivity index (χ0n) is 23.4. The van der Waals surface area contributed by atoms with Crippen LogP contribution in [0.5, 0.6) is 0 Å². The molecule has 0 bridgehead atoms. The summed E-state index contributed by atoms with van der Waals surface area (Å²) < 4.78 is 33.2. The highest BCUT2D eigenvalue weighted by atomic mass is 32.2. The Balaban J connectivity index is 1.50. The molecule has 4 heterocycles. The number of fused-ring (bicyclic) bond motifs is 1. The van der Waals surface area contributed by atoms with Gasteiger partial charge in [0.2, 0.25) is 10.0 Å². The topological polar surface area (TPSA) is 143 Å². The van der Waals surface area contributed by atoms with Crippen molar-refractivity contribution in [2.24, 2.45) is 5.92 Å². The van der Waals surface area contributed by atoms with Crippen molar-refractivity contribution in [2.45, 2.75) is 37.7 Å². The van der Waals surface area contributed by atoms with Gasteiger partial charge in [0.1, 0.15) is 11.5 Å². The first-order chi connectivity index (χ1) is 20.2. The van der Waals surface area contributed by atoms with Gasteiger partial charge in [-0.1, -0.05) is 18.2 Å². The lowest BCUT2D eigenvalue weighted by atomic mass is 9.78. The van der Waals surface area contributed by atoms with Crippen LogP contribution in [0.25, 0.3) is 27.8 Å². The van der Waals surface area contributed by atoms with Crippen molar-refractivity contribution < 1.29 is 17.9 Å². The van der Waals surface area contributed by atoms with Gasteiger partial charge in [-0.05, 0) is 61.6 Å². The molecule has 0 radical (unpaired) electrons. The minimum Gasteiger partial charge on any atom is -0.381 e. The Morgan fingerprint density at radius 3 is 2.48 bits per heavy atom. The maximum atomic E-state index is 13.1. The molecule has 0 spiro atoms. The Bertz CT molecular complexity index is 1770. The Morgan fingerprint density at radius 1 is 1.12 bits per heavy atom. The zero-order valence-corrected chi connectivity index (χ0v) is 24.2. The van der Waals surface area contributed by atoms with Crippen LogP contribution in [0.4, 0.5) is 5.82 Å². The van der Waals surface area contributed by atoms with Crippen LogP contribution < -0.4 is 9.62 Å². The summed E-state index contributed by atoms with van der Waals surface area (Å²) in [5, 5.41) is 15.0. The number of rotatable bonds is 7. The molecule has 12 heteroatoms. The molecule has 0 unspecified atom stereocenters. The first kappa shape index (κ1) is 27.8. The van der Waals surface area contributed by atoms with E-state index in [0.717, 1.165) is 73.2 Å². The number of hydrogen-bond acceptors (Lipinski definition) is 9. The Labute approximate surface area is 244 Å². The highest BCUT2D eigenvalue weighted by Gasteiger charge is 2.35. The summed E-state index contributed by atoms with van der Waals surface area (Å²) in [6.07, 6.45) is 6.06. The number of methoxy groups -OCH3 is 1. The summed E-state index contributed by atoms with van der Waals surface area (Å²) in [6, 6.07) is 17.4. The molecule has 2 fully saturated rings. The third kappa shape index (κ3) is 5.45. The number of carbonyl (C=O) groups is 1. The first-order valence-corrected chi connectivity index (χ1v) is 15.8. The molecule has 1 N–H and O–H groups in total. The van der Waals surface area contributed by atoms with Crippen LogP contribution in [0, 0.1) is 17.2 Å². The van der Waals surface area contributed by atoms with E-state index < -0.39 is 15.9 Å². The van der Waals surface area contributed by atoms with E-state index in [0.29, 0.717) is 11.2 Å². The van der Waals surface area contributed by atoms with Crippen LogP contribution in [0.2, 0.25) is 0 Å². The summed E-state index contributed by atoms with van der Waals surface area (Å²) in [7, 11) is -2.11. The monoisotopic (exact) mass is 585 g/mol. The molecule has 3 aromatic heterocycles. The van der Waals surface area contributed by atoms with E-state index in [1.807, 2.05) is 47.2 Å².